The Morgan fingerprint density at radius 2 is 2.06 bits per heavy atom. The van der Waals surface area contributed by atoms with Gasteiger partial charge >= 0.3 is 0 Å². The first kappa shape index (κ1) is 13.3. The van der Waals surface area contributed by atoms with Crippen molar-refractivity contribution in [2.45, 2.75) is 26.4 Å². The van der Waals surface area contributed by atoms with E-state index in [2.05, 4.69) is 21.0 Å². The molecule has 2 rings (SSSR count). The first-order chi connectivity index (χ1) is 8.47. The summed E-state index contributed by atoms with van der Waals surface area (Å²) in [7, 11) is 1.91. The molecule has 1 aromatic heterocycles. The van der Waals surface area contributed by atoms with Crippen molar-refractivity contribution in [1.29, 1.82) is 0 Å². The Hall–Kier alpha value is -1.13. The number of hydrogen-bond donors (Lipinski definition) is 1. The summed E-state index contributed by atoms with van der Waals surface area (Å²) in [6.07, 6.45) is 0.0755. The molecule has 4 heteroatoms. The molecule has 96 valence electrons. The third-order valence-corrected chi connectivity index (χ3v) is 3.59. The van der Waals surface area contributed by atoms with Crippen LogP contribution in [0.5, 0.6) is 0 Å². The smallest absolute Gasteiger partial charge is 0.0848 e. The predicted molar refractivity (Wildman–Crippen MR) is 75.5 cm³/mol. The number of nitrogens with zero attached hydrogens (tertiary/aromatic N) is 2. The Balaban J connectivity index is 2.24. The van der Waals surface area contributed by atoms with Crippen LogP contribution in [0.25, 0.3) is 0 Å². The minimum absolute atomic E-state index is 0.503. The van der Waals surface area contributed by atoms with Gasteiger partial charge in [0.25, 0.3) is 0 Å². The van der Waals surface area contributed by atoms with E-state index in [0.717, 1.165) is 27.0 Å². The lowest BCUT2D eigenvalue weighted by molar-refractivity contribution is 0.175. The normalized spacial score (nSPS) is 12.7. The van der Waals surface area contributed by atoms with E-state index in [1.54, 1.807) is 0 Å². The van der Waals surface area contributed by atoms with E-state index in [4.69, 9.17) is 0 Å². The third-order valence-electron chi connectivity index (χ3n) is 3.10. The number of halogens is 1. The average molecular weight is 309 g/mol. The topological polar surface area (TPSA) is 38.0 Å². The van der Waals surface area contributed by atoms with Gasteiger partial charge in [-0.25, -0.2) is 0 Å². The number of aliphatic hydroxyl groups is 1. The van der Waals surface area contributed by atoms with Crippen molar-refractivity contribution >= 4 is 15.9 Å². The van der Waals surface area contributed by atoms with E-state index in [-0.39, 0.29) is 0 Å². The lowest BCUT2D eigenvalue weighted by Gasteiger charge is -2.14. The molecule has 1 N–H and O–H groups in total. The Morgan fingerprint density at radius 1 is 1.33 bits per heavy atom. The van der Waals surface area contributed by atoms with Crippen LogP contribution in [0.2, 0.25) is 0 Å². The van der Waals surface area contributed by atoms with E-state index < -0.39 is 6.10 Å². The summed E-state index contributed by atoms with van der Waals surface area (Å²) < 4.78 is 2.81. The summed E-state index contributed by atoms with van der Waals surface area (Å²) in [5.74, 6) is 0. The van der Waals surface area contributed by atoms with Gasteiger partial charge in [-0.15, -0.1) is 0 Å². The molecule has 1 unspecified atom stereocenters. The van der Waals surface area contributed by atoms with Crippen molar-refractivity contribution < 1.29 is 5.11 Å². The molecule has 0 aliphatic heterocycles. The van der Waals surface area contributed by atoms with Crippen LogP contribution in [-0.4, -0.2) is 14.9 Å². The molecule has 1 atom stereocenters. The maximum atomic E-state index is 10.4. The van der Waals surface area contributed by atoms with Crippen LogP contribution < -0.4 is 0 Å². The molecule has 0 radical (unpaired) electrons. The summed E-state index contributed by atoms with van der Waals surface area (Å²) in [6.45, 7) is 3.97. The number of hydrogen-bond acceptors (Lipinski definition) is 2. The van der Waals surface area contributed by atoms with Crippen molar-refractivity contribution in [1.82, 2.24) is 9.78 Å². The first-order valence-corrected chi connectivity index (χ1v) is 6.70. The zero-order valence-electron chi connectivity index (χ0n) is 10.8. The molecule has 0 spiro atoms. The summed E-state index contributed by atoms with van der Waals surface area (Å²) in [5, 5.41) is 14.6. The van der Waals surface area contributed by atoms with Gasteiger partial charge in [0.15, 0.2) is 0 Å². The number of rotatable bonds is 3. The van der Waals surface area contributed by atoms with Crippen molar-refractivity contribution in [3.63, 3.8) is 0 Å². The molecule has 0 aliphatic carbocycles. The molecule has 0 saturated carbocycles. The van der Waals surface area contributed by atoms with Crippen molar-refractivity contribution in [3.05, 3.63) is 51.3 Å². The van der Waals surface area contributed by atoms with Crippen molar-refractivity contribution in [3.8, 4) is 0 Å². The van der Waals surface area contributed by atoms with Gasteiger partial charge in [0.2, 0.25) is 0 Å². The summed E-state index contributed by atoms with van der Waals surface area (Å²) in [6, 6.07) is 7.98. The van der Waals surface area contributed by atoms with Crippen LogP contribution in [0.4, 0.5) is 0 Å². The van der Waals surface area contributed by atoms with Gasteiger partial charge in [-0.3, -0.25) is 4.68 Å². The van der Waals surface area contributed by atoms with Gasteiger partial charge in [-0.1, -0.05) is 22.0 Å². The van der Waals surface area contributed by atoms with Gasteiger partial charge in [-0.05, 0) is 43.2 Å². The fourth-order valence-corrected chi connectivity index (χ4v) is 2.51. The van der Waals surface area contributed by atoms with Gasteiger partial charge in [-0.2, -0.15) is 5.10 Å². The molecule has 0 fully saturated rings. The zero-order valence-corrected chi connectivity index (χ0v) is 12.4. The number of aliphatic hydroxyl groups excluding tert-OH is 1. The largest absolute Gasteiger partial charge is 0.388 e. The van der Waals surface area contributed by atoms with Crippen molar-refractivity contribution in [2.24, 2.45) is 7.05 Å². The zero-order chi connectivity index (χ0) is 13.3. The summed E-state index contributed by atoms with van der Waals surface area (Å²) in [4.78, 5) is 0. The van der Waals surface area contributed by atoms with E-state index >= 15 is 0 Å². The lowest BCUT2D eigenvalue weighted by Crippen LogP contribution is -2.07. The SMILES string of the molecule is Cc1cc(CC(O)c2cc(Br)ccc2C)n(C)n1. The monoisotopic (exact) mass is 308 g/mol. The van der Waals surface area contributed by atoms with Crippen LogP contribution in [0, 0.1) is 13.8 Å². The minimum atomic E-state index is -0.503. The molecule has 3 nitrogen and oxygen atoms in total. The fourth-order valence-electron chi connectivity index (χ4n) is 2.13. The van der Waals surface area contributed by atoms with Crippen LogP contribution in [0.15, 0.2) is 28.7 Å². The van der Waals surface area contributed by atoms with E-state index in [0.29, 0.717) is 6.42 Å². The van der Waals surface area contributed by atoms with Crippen LogP contribution in [-0.2, 0) is 13.5 Å². The van der Waals surface area contributed by atoms with Crippen LogP contribution >= 0.6 is 15.9 Å². The molecule has 0 aliphatic rings. The van der Waals surface area contributed by atoms with E-state index in [9.17, 15) is 5.11 Å². The minimum Gasteiger partial charge on any atom is -0.388 e. The highest BCUT2D eigenvalue weighted by Gasteiger charge is 2.14. The second-order valence-corrected chi connectivity index (χ2v) is 5.54. The average Bonchev–Trinajstić information content (AvgIpc) is 2.61. The number of aryl methyl sites for hydroxylation is 3. The van der Waals surface area contributed by atoms with Crippen LogP contribution in [0.3, 0.4) is 0 Å². The van der Waals surface area contributed by atoms with E-state index in [1.165, 1.54) is 0 Å². The molecule has 0 saturated heterocycles. The summed E-state index contributed by atoms with van der Waals surface area (Å²) >= 11 is 3.44. The van der Waals surface area contributed by atoms with Gasteiger partial charge < -0.3 is 5.11 Å². The standard InChI is InChI=1S/C14H17BrN2O/c1-9-4-5-11(15)7-13(9)14(18)8-12-6-10(2)16-17(12)3/h4-7,14,18H,8H2,1-3H3. The molecule has 2 aromatic rings. The second-order valence-electron chi connectivity index (χ2n) is 4.62. The molecule has 18 heavy (non-hydrogen) atoms. The Labute approximate surface area is 116 Å². The van der Waals surface area contributed by atoms with Crippen LogP contribution in [0.1, 0.15) is 28.6 Å². The molecule has 0 amide bonds. The fraction of sp³-hybridized carbons (Fsp3) is 0.357. The summed E-state index contributed by atoms with van der Waals surface area (Å²) in [5.41, 5.74) is 4.08. The van der Waals surface area contributed by atoms with E-state index in [1.807, 2.05) is 49.8 Å². The molecular weight excluding hydrogens is 292 g/mol. The molecule has 1 aromatic carbocycles. The Bertz CT molecular complexity index is 563. The highest BCUT2D eigenvalue weighted by Crippen LogP contribution is 2.25. The highest BCUT2D eigenvalue weighted by molar-refractivity contribution is 9.10. The second kappa shape index (κ2) is 5.24. The molecule has 0 bridgehead atoms. The Kier molecular flexibility index (Phi) is 3.88. The maximum absolute atomic E-state index is 10.4. The van der Waals surface area contributed by atoms with Gasteiger partial charge in [0, 0.05) is 23.6 Å². The first-order valence-electron chi connectivity index (χ1n) is 5.91. The highest BCUT2D eigenvalue weighted by atomic mass is 79.9. The third kappa shape index (κ3) is 2.82. The van der Waals surface area contributed by atoms with Gasteiger partial charge in [0.1, 0.15) is 0 Å². The Morgan fingerprint density at radius 3 is 2.67 bits per heavy atom. The molecule has 1 heterocycles. The predicted octanol–water partition coefficient (Wildman–Crippen LogP) is 3.08. The molecular formula is C14H17BrN2O. The number of aromatic nitrogens is 2. The lowest BCUT2D eigenvalue weighted by atomic mass is 10.00. The van der Waals surface area contributed by atoms with Crippen molar-refractivity contribution in [2.75, 3.05) is 0 Å². The number of benzene rings is 1. The van der Waals surface area contributed by atoms with Gasteiger partial charge in [0.05, 0.1) is 11.8 Å². The quantitative estimate of drug-likeness (QED) is 0.946. The maximum Gasteiger partial charge on any atom is 0.0848 e.